The van der Waals surface area contributed by atoms with Gasteiger partial charge in [-0.25, -0.2) is 0 Å². The van der Waals surface area contributed by atoms with Crippen molar-refractivity contribution in [1.29, 1.82) is 0 Å². The van der Waals surface area contributed by atoms with Crippen LogP contribution in [0.2, 0.25) is 0 Å². The van der Waals surface area contributed by atoms with Crippen LogP contribution in [0.5, 0.6) is 5.75 Å². The zero-order valence-corrected chi connectivity index (χ0v) is 7.92. The van der Waals surface area contributed by atoms with Gasteiger partial charge in [0.1, 0.15) is 12.4 Å². The van der Waals surface area contributed by atoms with E-state index in [0.717, 1.165) is 11.8 Å². The summed E-state index contributed by atoms with van der Waals surface area (Å²) in [5, 5.41) is 10.1. The van der Waals surface area contributed by atoms with Gasteiger partial charge >= 0.3 is 0 Å². The summed E-state index contributed by atoms with van der Waals surface area (Å²) in [6.45, 7) is 0.212. The molecule has 0 aliphatic heterocycles. The minimum atomic E-state index is -0.511. The summed E-state index contributed by atoms with van der Waals surface area (Å²) < 4.78 is 5.14. The molecule has 0 fully saturated rings. The maximum Gasteiger partial charge on any atom is 0.235 e. The van der Waals surface area contributed by atoms with Gasteiger partial charge in [-0.1, -0.05) is 18.1 Å². The van der Waals surface area contributed by atoms with Crippen molar-refractivity contribution < 1.29 is 9.66 Å². The molecule has 0 saturated heterocycles. The Labute approximate surface area is 87.3 Å². The third kappa shape index (κ3) is 3.96. The first-order valence-corrected chi connectivity index (χ1v) is 4.20. The molecule has 0 spiro atoms. The third-order valence-electron chi connectivity index (χ3n) is 1.59. The summed E-state index contributed by atoms with van der Waals surface area (Å²) in [5.74, 6) is 2.99. The molecule has 1 aromatic carbocycles. The first-order chi connectivity index (χ1) is 7.22. The van der Waals surface area contributed by atoms with Gasteiger partial charge in [-0.3, -0.25) is 10.1 Å². The van der Waals surface area contributed by atoms with E-state index in [0.29, 0.717) is 5.75 Å². The van der Waals surface area contributed by atoms with Crippen LogP contribution < -0.4 is 4.74 Å². The first kappa shape index (κ1) is 10.8. The number of rotatable bonds is 4. The number of nitro groups is 1. The molecule has 1 aromatic rings. The SMILES string of the molecule is C#CCOc1ccc(/C=C/[N+](=O)[O-])cc1. The van der Waals surface area contributed by atoms with Crippen LogP contribution in [0.15, 0.2) is 30.5 Å². The lowest BCUT2D eigenvalue weighted by molar-refractivity contribution is -0.400. The second-order valence-corrected chi connectivity index (χ2v) is 2.66. The van der Waals surface area contributed by atoms with E-state index in [-0.39, 0.29) is 6.61 Å². The smallest absolute Gasteiger partial charge is 0.235 e. The van der Waals surface area contributed by atoms with E-state index in [9.17, 15) is 10.1 Å². The minimum Gasteiger partial charge on any atom is -0.481 e. The molecule has 0 amide bonds. The van der Waals surface area contributed by atoms with Gasteiger partial charge < -0.3 is 4.74 Å². The van der Waals surface area contributed by atoms with Crippen LogP contribution >= 0.6 is 0 Å². The highest BCUT2D eigenvalue weighted by Crippen LogP contribution is 2.12. The molecule has 0 aliphatic carbocycles. The summed E-state index contributed by atoms with van der Waals surface area (Å²) in [6, 6.07) is 6.84. The highest BCUT2D eigenvalue weighted by Gasteiger charge is 1.93. The van der Waals surface area contributed by atoms with Crippen molar-refractivity contribution in [2.75, 3.05) is 6.61 Å². The largest absolute Gasteiger partial charge is 0.481 e. The van der Waals surface area contributed by atoms with E-state index in [1.807, 2.05) is 0 Å². The van der Waals surface area contributed by atoms with Crippen molar-refractivity contribution in [3.8, 4) is 18.1 Å². The molecule has 0 bridgehead atoms. The van der Waals surface area contributed by atoms with Crippen molar-refractivity contribution in [3.05, 3.63) is 46.1 Å². The number of hydrogen-bond donors (Lipinski definition) is 0. The normalized spacial score (nSPS) is 9.80. The molecule has 1 rings (SSSR count). The van der Waals surface area contributed by atoms with E-state index in [1.54, 1.807) is 24.3 Å². The Morgan fingerprint density at radius 3 is 2.67 bits per heavy atom. The van der Waals surface area contributed by atoms with E-state index in [1.165, 1.54) is 6.08 Å². The van der Waals surface area contributed by atoms with Gasteiger partial charge in [0.15, 0.2) is 0 Å². The Bertz CT molecular complexity index is 401. The Morgan fingerprint density at radius 2 is 2.13 bits per heavy atom. The lowest BCUT2D eigenvalue weighted by atomic mass is 10.2. The molecule has 0 unspecified atom stereocenters. The van der Waals surface area contributed by atoms with E-state index >= 15 is 0 Å². The van der Waals surface area contributed by atoms with Gasteiger partial charge in [-0.15, -0.1) is 6.42 Å². The predicted molar refractivity (Wildman–Crippen MR) is 56.8 cm³/mol. The Kier molecular flexibility index (Phi) is 3.92. The van der Waals surface area contributed by atoms with Crippen molar-refractivity contribution in [2.45, 2.75) is 0 Å². The molecule has 0 heterocycles. The van der Waals surface area contributed by atoms with Crippen molar-refractivity contribution in [1.82, 2.24) is 0 Å². The second-order valence-electron chi connectivity index (χ2n) is 2.66. The Morgan fingerprint density at radius 1 is 1.47 bits per heavy atom. The second kappa shape index (κ2) is 5.45. The maximum atomic E-state index is 10.1. The summed E-state index contributed by atoms with van der Waals surface area (Å²) in [6.07, 6.45) is 7.32. The summed E-state index contributed by atoms with van der Waals surface area (Å²) >= 11 is 0. The highest BCUT2D eigenvalue weighted by molar-refractivity contribution is 5.49. The molecular weight excluding hydrogens is 194 g/mol. The quantitative estimate of drug-likeness (QED) is 0.427. The fourth-order valence-electron chi connectivity index (χ4n) is 0.947. The lowest BCUT2D eigenvalue weighted by Gasteiger charge is -2.01. The molecule has 0 radical (unpaired) electrons. The van der Waals surface area contributed by atoms with Gasteiger partial charge in [-0.05, 0) is 17.7 Å². The van der Waals surface area contributed by atoms with E-state index < -0.39 is 4.92 Å². The molecule has 15 heavy (non-hydrogen) atoms. The molecule has 4 nitrogen and oxygen atoms in total. The molecule has 0 aliphatic rings. The molecular formula is C11H9NO3. The van der Waals surface area contributed by atoms with Crippen LogP contribution in [-0.2, 0) is 0 Å². The zero-order chi connectivity index (χ0) is 11.1. The molecule has 0 aromatic heterocycles. The highest BCUT2D eigenvalue weighted by atomic mass is 16.6. The van der Waals surface area contributed by atoms with Crippen LogP contribution in [0.4, 0.5) is 0 Å². The zero-order valence-electron chi connectivity index (χ0n) is 7.92. The number of nitrogens with zero attached hydrogens (tertiary/aromatic N) is 1. The molecule has 0 saturated carbocycles. The topological polar surface area (TPSA) is 52.4 Å². The minimum absolute atomic E-state index is 0.212. The van der Waals surface area contributed by atoms with Crippen molar-refractivity contribution >= 4 is 6.08 Å². The average molecular weight is 203 g/mol. The Hall–Kier alpha value is -2.28. The summed E-state index contributed by atoms with van der Waals surface area (Å²) in [4.78, 5) is 9.54. The van der Waals surface area contributed by atoms with Gasteiger partial charge in [0, 0.05) is 6.08 Å². The lowest BCUT2D eigenvalue weighted by Crippen LogP contribution is -1.92. The molecule has 4 heteroatoms. The number of ether oxygens (including phenoxy) is 1. The van der Waals surface area contributed by atoms with Crippen LogP contribution in [0.3, 0.4) is 0 Å². The van der Waals surface area contributed by atoms with E-state index in [4.69, 9.17) is 11.2 Å². The number of benzene rings is 1. The monoisotopic (exact) mass is 203 g/mol. The fraction of sp³-hybridized carbons (Fsp3) is 0.0909. The van der Waals surface area contributed by atoms with Gasteiger partial charge in [-0.2, -0.15) is 0 Å². The van der Waals surface area contributed by atoms with E-state index in [2.05, 4.69) is 5.92 Å². The summed E-state index contributed by atoms with van der Waals surface area (Å²) in [7, 11) is 0. The predicted octanol–water partition coefficient (Wildman–Crippen LogP) is 1.95. The van der Waals surface area contributed by atoms with Crippen LogP contribution in [0.25, 0.3) is 6.08 Å². The molecule has 76 valence electrons. The van der Waals surface area contributed by atoms with Gasteiger partial charge in [0.05, 0.1) is 4.92 Å². The number of terminal acetylenes is 1. The number of hydrogen-bond acceptors (Lipinski definition) is 3. The maximum absolute atomic E-state index is 10.1. The summed E-state index contributed by atoms with van der Waals surface area (Å²) in [5.41, 5.74) is 0.736. The van der Waals surface area contributed by atoms with Crippen molar-refractivity contribution in [2.24, 2.45) is 0 Å². The standard InChI is InChI=1S/C11H9NO3/c1-2-9-15-11-5-3-10(4-6-11)7-8-12(13)14/h1,3-8H,9H2/b8-7+. The first-order valence-electron chi connectivity index (χ1n) is 4.20. The van der Waals surface area contributed by atoms with Gasteiger partial charge in [0.2, 0.25) is 6.20 Å². The average Bonchev–Trinajstić information content (AvgIpc) is 2.25. The molecule has 0 N–H and O–H groups in total. The van der Waals surface area contributed by atoms with Crippen LogP contribution in [0, 0.1) is 22.5 Å². The van der Waals surface area contributed by atoms with Crippen LogP contribution in [-0.4, -0.2) is 11.5 Å². The third-order valence-corrected chi connectivity index (χ3v) is 1.59. The molecule has 0 atom stereocenters. The van der Waals surface area contributed by atoms with Crippen LogP contribution in [0.1, 0.15) is 5.56 Å². The van der Waals surface area contributed by atoms with Crippen molar-refractivity contribution in [3.63, 3.8) is 0 Å². The van der Waals surface area contributed by atoms with Gasteiger partial charge in [0.25, 0.3) is 0 Å². The Balaban J connectivity index is 2.64. The fourth-order valence-corrected chi connectivity index (χ4v) is 0.947.